The maximum absolute atomic E-state index is 10.6. The molecule has 1 unspecified atom stereocenters. The number of carbonyl (C=O) groups is 1. The minimum absolute atomic E-state index is 0.177. The molecule has 1 rings (SSSR count). The second kappa shape index (κ2) is 6.61. The monoisotopic (exact) mass is 300 g/mol. The van der Waals surface area contributed by atoms with E-state index in [1.54, 1.807) is 0 Å². The average Bonchev–Trinajstić information content (AvgIpc) is 2.29. The van der Waals surface area contributed by atoms with Crippen LogP contribution in [-0.2, 0) is 4.79 Å². The number of benzene rings is 1. The molecule has 0 aromatic heterocycles. The van der Waals surface area contributed by atoms with Crippen molar-refractivity contribution in [2.45, 2.75) is 19.4 Å². The lowest BCUT2D eigenvalue weighted by Crippen LogP contribution is -2.17. The van der Waals surface area contributed by atoms with Gasteiger partial charge in [-0.15, -0.1) is 0 Å². The molecule has 3 N–H and O–H groups in total. The lowest BCUT2D eigenvalue weighted by molar-refractivity contribution is -0.118. The molecule has 0 saturated carbocycles. The van der Waals surface area contributed by atoms with E-state index in [2.05, 4.69) is 21.2 Å². The number of nitrogens with two attached hydrogens (primary N) is 1. The molecule has 0 saturated heterocycles. The minimum Gasteiger partial charge on any atom is -0.493 e. The first kappa shape index (κ1) is 14.0. The van der Waals surface area contributed by atoms with Gasteiger partial charge in [0.25, 0.3) is 0 Å². The molecule has 17 heavy (non-hydrogen) atoms. The quantitative estimate of drug-likeness (QED) is 0.844. The Labute approximate surface area is 110 Å². The first-order valence-corrected chi connectivity index (χ1v) is 6.21. The molecule has 0 bridgehead atoms. The van der Waals surface area contributed by atoms with E-state index in [9.17, 15) is 4.79 Å². The van der Waals surface area contributed by atoms with Crippen LogP contribution in [-0.4, -0.2) is 19.6 Å². The minimum atomic E-state index is -0.356. The van der Waals surface area contributed by atoms with Crippen LogP contribution in [0.5, 0.6) is 5.75 Å². The van der Waals surface area contributed by atoms with Crippen molar-refractivity contribution in [3.8, 4) is 5.75 Å². The van der Waals surface area contributed by atoms with E-state index in [0.29, 0.717) is 6.61 Å². The molecule has 0 heterocycles. The van der Waals surface area contributed by atoms with E-state index in [4.69, 9.17) is 10.5 Å². The Morgan fingerprint density at radius 2 is 2.29 bits per heavy atom. The number of ether oxygens (including phenoxy) is 1. The van der Waals surface area contributed by atoms with Gasteiger partial charge in [-0.05, 0) is 32.2 Å². The van der Waals surface area contributed by atoms with Gasteiger partial charge in [0.05, 0.1) is 13.0 Å². The molecule has 4 nitrogen and oxygen atoms in total. The molecule has 0 spiro atoms. The van der Waals surface area contributed by atoms with Crippen LogP contribution in [0, 0.1) is 0 Å². The molecule has 0 fully saturated rings. The zero-order valence-electron chi connectivity index (χ0n) is 10.00. The summed E-state index contributed by atoms with van der Waals surface area (Å²) in [6, 6.07) is 5.97. The molecule has 1 amide bonds. The zero-order chi connectivity index (χ0) is 12.8. The summed E-state index contributed by atoms with van der Waals surface area (Å²) in [5, 5.41) is 3.16. The van der Waals surface area contributed by atoms with Gasteiger partial charge >= 0.3 is 0 Å². The fourth-order valence-corrected chi connectivity index (χ4v) is 1.79. The zero-order valence-corrected chi connectivity index (χ0v) is 11.6. The summed E-state index contributed by atoms with van der Waals surface area (Å²) in [6.45, 7) is 2.35. The van der Waals surface area contributed by atoms with Crippen LogP contribution >= 0.6 is 15.9 Å². The highest BCUT2D eigenvalue weighted by atomic mass is 79.9. The number of primary amides is 1. The predicted octanol–water partition coefficient (Wildman–Crippen LogP) is 1.98. The lowest BCUT2D eigenvalue weighted by atomic mass is 10.1. The molecule has 1 aromatic carbocycles. The molecule has 0 aliphatic carbocycles. The van der Waals surface area contributed by atoms with Crippen LogP contribution < -0.4 is 15.8 Å². The summed E-state index contributed by atoms with van der Waals surface area (Å²) < 4.78 is 6.56. The molecule has 1 atom stereocenters. The van der Waals surface area contributed by atoms with Crippen molar-refractivity contribution in [2.24, 2.45) is 5.73 Å². The van der Waals surface area contributed by atoms with E-state index in [1.165, 1.54) is 0 Å². The lowest BCUT2D eigenvalue weighted by Gasteiger charge is -2.16. The molecule has 5 heteroatoms. The van der Waals surface area contributed by atoms with E-state index >= 15 is 0 Å². The standard InChI is InChI=1S/C12H17BrN2O2/c1-8(15-2)10-7-9(13)3-4-11(10)17-6-5-12(14)16/h3-4,7-8,15H,5-6H2,1-2H3,(H2,14,16). The van der Waals surface area contributed by atoms with E-state index < -0.39 is 0 Å². The first-order chi connectivity index (χ1) is 8.04. The number of amides is 1. The van der Waals surface area contributed by atoms with Crippen molar-refractivity contribution < 1.29 is 9.53 Å². The topological polar surface area (TPSA) is 64.3 Å². The van der Waals surface area contributed by atoms with Crippen LogP contribution in [0.2, 0.25) is 0 Å². The Kier molecular flexibility index (Phi) is 5.44. The second-order valence-electron chi connectivity index (χ2n) is 3.76. The van der Waals surface area contributed by atoms with Crippen molar-refractivity contribution in [2.75, 3.05) is 13.7 Å². The van der Waals surface area contributed by atoms with Gasteiger partial charge in [0.2, 0.25) is 5.91 Å². The summed E-state index contributed by atoms with van der Waals surface area (Å²) in [5.41, 5.74) is 6.11. The van der Waals surface area contributed by atoms with Crippen LogP contribution in [0.25, 0.3) is 0 Å². The smallest absolute Gasteiger partial charge is 0.220 e. The van der Waals surface area contributed by atoms with Crippen molar-refractivity contribution in [3.63, 3.8) is 0 Å². The largest absolute Gasteiger partial charge is 0.493 e. The SMILES string of the molecule is CNC(C)c1cc(Br)ccc1OCCC(N)=O. The van der Waals surface area contributed by atoms with Crippen molar-refractivity contribution in [1.82, 2.24) is 5.32 Å². The number of hydrogen-bond donors (Lipinski definition) is 2. The Balaban J connectivity index is 2.79. The van der Waals surface area contributed by atoms with Crippen LogP contribution in [0.3, 0.4) is 0 Å². The number of nitrogens with one attached hydrogen (secondary N) is 1. The highest BCUT2D eigenvalue weighted by Crippen LogP contribution is 2.28. The number of hydrogen-bond acceptors (Lipinski definition) is 3. The average molecular weight is 301 g/mol. The van der Waals surface area contributed by atoms with Gasteiger partial charge in [-0.1, -0.05) is 15.9 Å². The molecule has 0 aliphatic rings. The normalized spacial score (nSPS) is 12.2. The van der Waals surface area contributed by atoms with Crippen LogP contribution in [0.15, 0.2) is 22.7 Å². The molecule has 94 valence electrons. The van der Waals surface area contributed by atoms with Gasteiger partial charge in [0.15, 0.2) is 0 Å². The summed E-state index contributed by atoms with van der Waals surface area (Å²) >= 11 is 3.43. The highest BCUT2D eigenvalue weighted by molar-refractivity contribution is 9.10. The second-order valence-corrected chi connectivity index (χ2v) is 4.67. The number of carbonyl (C=O) groups excluding carboxylic acids is 1. The Hall–Kier alpha value is -1.07. The maximum Gasteiger partial charge on any atom is 0.220 e. The van der Waals surface area contributed by atoms with Gasteiger partial charge in [0, 0.05) is 16.1 Å². The third-order valence-corrected chi connectivity index (χ3v) is 2.97. The Bertz CT molecular complexity index is 396. The molecule has 0 radical (unpaired) electrons. The van der Waals surface area contributed by atoms with Crippen molar-refractivity contribution in [3.05, 3.63) is 28.2 Å². The third kappa shape index (κ3) is 4.36. The summed E-state index contributed by atoms with van der Waals surface area (Å²) in [6.07, 6.45) is 0.226. The predicted molar refractivity (Wildman–Crippen MR) is 70.9 cm³/mol. The molecular weight excluding hydrogens is 284 g/mol. The number of rotatable bonds is 6. The van der Waals surface area contributed by atoms with Gasteiger partial charge < -0.3 is 15.8 Å². The van der Waals surface area contributed by atoms with E-state index in [-0.39, 0.29) is 18.4 Å². The fraction of sp³-hybridized carbons (Fsp3) is 0.417. The van der Waals surface area contributed by atoms with Gasteiger partial charge in [-0.25, -0.2) is 0 Å². The molecule has 1 aromatic rings. The van der Waals surface area contributed by atoms with Crippen LogP contribution in [0.1, 0.15) is 24.9 Å². The Morgan fingerprint density at radius 1 is 1.59 bits per heavy atom. The van der Waals surface area contributed by atoms with Gasteiger partial charge in [-0.2, -0.15) is 0 Å². The van der Waals surface area contributed by atoms with Crippen molar-refractivity contribution in [1.29, 1.82) is 0 Å². The Morgan fingerprint density at radius 3 is 2.88 bits per heavy atom. The highest BCUT2D eigenvalue weighted by Gasteiger charge is 2.10. The molecule has 0 aliphatic heterocycles. The molecular formula is C12H17BrN2O2. The summed E-state index contributed by atoms with van der Waals surface area (Å²) in [5.74, 6) is 0.418. The van der Waals surface area contributed by atoms with Gasteiger partial charge in [0.1, 0.15) is 5.75 Å². The summed E-state index contributed by atoms with van der Waals surface area (Å²) in [4.78, 5) is 10.6. The fourth-order valence-electron chi connectivity index (χ4n) is 1.41. The van der Waals surface area contributed by atoms with Crippen LogP contribution in [0.4, 0.5) is 0 Å². The number of halogens is 1. The summed E-state index contributed by atoms with van der Waals surface area (Å²) in [7, 11) is 1.89. The maximum atomic E-state index is 10.6. The van der Waals surface area contributed by atoms with E-state index in [0.717, 1.165) is 15.8 Å². The first-order valence-electron chi connectivity index (χ1n) is 5.42. The van der Waals surface area contributed by atoms with Gasteiger partial charge in [-0.3, -0.25) is 4.79 Å². The van der Waals surface area contributed by atoms with Crippen molar-refractivity contribution >= 4 is 21.8 Å². The van der Waals surface area contributed by atoms with E-state index in [1.807, 2.05) is 32.2 Å². The third-order valence-electron chi connectivity index (χ3n) is 2.48.